The number of thiazole rings is 1. The molecule has 0 spiro atoms. The molecule has 0 bridgehead atoms. The number of nitrogens with two attached hydrogens (primary N) is 1. The SMILES string of the molecule is COCc1nc(CCON)cs1. The van der Waals surface area contributed by atoms with Crippen molar-refractivity contribution >= 4 is 11.3 Å². The number of aromatic nitrogens is 1. The van der Waals surface area contributed by atoms with E-state index in [9.17, 15) is 0 Å². The zero-order valence-electron chi connectivity index (χ0n) is 6.95. The lowest BCUT2D eigenvalue weighted by molar-refractivity contribution is 0.140. The quantitative estimate of drug-likeness (QED) is 0.692. The molecule has 0 radical (unpaired) electrons. The molecule has 0 aromatic carbocycles. The molecule has 0 amide bonds. The Morgan fingerprint density at radius 2 is 2.50 bits per heavy atom. The van der Waals surface area contributed by atoms with Crippen molar-refractivity contribution in [3.05, 3.63) is 16.1 Å². The van der Waals surface area contributed by atoms with E-state index in [2.05, 4.69) is 9.82 Å². The lowest BCUT2D eigenvalue weighted by Gasteiger charge is -1.93. The van der Waals surface area contributed by atoms with Gasteiger partial charge in [-0.1, -0.05) is 0 Å². The molecule has 4 nitrogen and oxygen atoms in total. The minimum Gasteiger partial charge on any atom is -0.378 e. The molecule has 0 aliphatic heterocycles. The van der Waals surface area contributed by atoms with E-state index < -0.39 is 0 Å². The van der Waals surface area contributed by atoms with Crippen LogP contribution >= 0.6 is 11.3 Å². The maximum atomic E-state index is 4.94. The van der Waals surface area contributed by atoms with Crippen LogP contribution in [0.3, 0.4) is 0 Å². The molecule has 12 heavy (non-hydrogen) atoms. The molecular formula is C7H12N2O2S. The van der Waals surface area contributed by atoms with Gasteiger partial charge in [0.25, 0.3) is 0 Å². The van der Waals surface area contributed by atoms with Crippen LogP contribution in [0.25, 0.3) is 0 Å². The summed E-state index contributed by atoms with van der Waals surface area (Å²) in [5.74, 6) is 4.89. The van der Waals surface area contributed by atoms with E-state index in [1.165, 1.54) is 0 Å². The highest BCUT2D eigenvalue weighted by molar-refractivity contribution is 7.09. The fraction of sp³-hybridized carbons (Fsp3) is 0.571. The van der Waals surface area contributed by atoms with Crippen LogP contribution in [-0.4, -0.2) is 18.7 Å². The summed E-state index contributed by atoms with van der Waals surface area (Å²) < 4.78 is 4.94. The van der Waals surface area contributed by atoms with Crippen LogP contribution in [0, 0.1) is 0 Å². The number of hydrogen-bond donors (Lipinski definition) is 1. The van der Waals surface area contributed by atoms with Crippen LogP contribution in [0.2, 0.25) is 0 Å². The second-order valence-electron chi connectivity index (χ2n) is 2.29. The Kier molecular flexibility index (Phi) is 4.16. The number of nitrogens with zero attached hydrogens (tertiary/aromatic N) is 1. The predicted octanol–water partition coefficient (Wildman–Crippen LogP) is 0.722. The largest absolute Gasteiger partial charge is 0.378 e. The van der Waals surface area contributed by atoms with Crippen molar-refractivity contribution in [3.8, 4) is 0 Å². The second-order valence-corrected chi connectivity index (χ2v) is 3.23. The summed E-state index contributed by atoms with van der Waals surface area (Å²) in [6.45, 7) is 1.09. The number of methoxy groups -OCH3 is 1. The maximum absolute atomic E-state index is 4.94. The Balaban J connectivity index is 2.41. The number of rotatable bonds is 5. The van der Waals surface area contributed by atoms with Crippen LogP contribution in [0.4, 0.5) is 0 Å². The third-order valence-electron chi connectivity index (χ3n) is 1.34. The van der Waals surface area contributed by atoms with Gasteiger partial charge in [0.15, 0.2) is 0 Å². The van der Waals surface area contributed by atoms with Crippen molar-refractivity contribution < 1.29 is 9.57 Å². The highest BCUT2D eigenvalue weighted by Gasteiger charge is 2.00. The third kappa shape index (κ3) is 2.86. The van der Waals surface area contributed by atoms with E-state index in [0.29, 0.717) is 13.2 Å². The number of hydrogen-bond acceptors (Lipinski definition) is 5. The van der Waals surface area contributed by atoms with E-state index in [1.807, 2.05) is 5.38 Å². The third-order valence-corrected chi connectivity index (χ3v) is 2.21. The number of ether oxygens (including phenoxy) is 1. The standard InChI is InChI=1S/C7H12N2O2S/c1-10-4-7-9-6(5-12-7)2-3-11-8/h5H,2-4,8H2,1H3. The van der Waals surface area contributed by atoms with Crippen molar-refractivity contribution in [2.45, 2.75) is 13.0 Å². The summed E-state index contributed by atoms with van der Waals surface area (Å²) in [5, 5.41) is 2.98. The van der Waals surface area contributed by atoms with Crippen molar-refractivity contribution in [1.82, 2.24) is 4.98 Å². The molecule has 0 fully saturated rings. The second kappa shape index (κ2) is 5.21. The van der Waals surface area contributed by atoms with Gasteiger partial charge in [0.2, 0.25) is 0 Å². The highest BCUT2D eigenvalue weighted by Crippen LogP contribution is 2.10. The van der Waals surface area contributed by atoms with Gasteiger partial charge in [0.05, 0.1) is 18.9 Å². The Bertz CT molecular complexity index is 227. The van der Waals surface area contributed by atoms with Crippen LogP contribution in [0.5, 0.6) is 0 Å². The van der Waals surface area contributed by atoms with E-state index in [0.717, 1.165) is 17.1 Å². The van der Waals surface area contributed by atoms with Crippen LogP contribution < -0.4 is 5.90 Å². The average molecular weight is 188 g/mol. The Hall–Kier alpha value is -0.490. The molecule has 0 aliphatic carbocycles. The van der Waals surface area contributed by atoms with Gasteiger partial charge < -0.3 is 9.57 Å². The van der Waals surface area contributed by atoms with Crippen molar-refractivity contribution in [2.24, 2.45) is 5.90 Å². The molecule has 68 valence electrons. The zero-order chi connectivity index (χ0) is 8.81. The normalized spacial score (nSPS) is 10.5. The van der Waals surface area contributed by atoms with Gasteiger partial charge >= 0.3 is 0 Å². The first-order chi connectivity index (χ1) is 5.86. The van der Waals surface area contributed by atoms with Crippen molar-refractivity contribution in [1.29, 1.82) is 0 Å². The summed E-state index contributed by atoms with van der Waals surface area (Å²) in [4.78, 5) is 8.74. The predicted molar refractivity (Wildman–Crippen MR) is 46.7 cm³/mol. The molecule has 1 heterocycles. The summed E-state index contributed by atoms with van der Waals surface area (Å²) >= 11 is 1.59. The van der Waals surface area contributed by atoms with Gasteiger partial charge in [-0.3, -0.25) is 0 Å². The molecule has 2 N–H and O–H groups in total. The lowest BCUT2D eigenvalue weighted by Crippen LogP contribution is -2.03. The molecule has 0 saturated heterocycles. The molecule has 0 aliphatic rings. The first-order valence-corrected chi connectivity index (χ1v) is 4.48. The van der Waals surface area contributed by atoms with Gasteiger partial charge in [-0.15, -0.1) is 11.3 Å². The Morgan fingerprint density at radius 3 is 3.17 bits per heavy atom. The summed E-state index contributed by atoms with van der Waals surface area (Å²) in [7, 11) is 1.66. The van der Waals surface area contributed by atoms with Crippen molar-refractivity contribution in [2.75, 3.05) is 13.7 Å². The van der Waals surface area contributed by atoms with Crippen LogP contribution in [0.15, 0.2) is 5.38 Å². The topological polar surface area (TPSA) is 57.4 Å². The molecule has 0 saturated carbocycles. The van der Waals surface area contributed by atoms with Crippen LogP contribution in [-0.2, 0) is 22.6 Å². The fourth-order valence-corrected chi connectivity index (χ4v) is 1.62. The van der Waals surface area contributed by atoms with E-state index >= 15 is 0 Å². The minimum absolute atomic E-state index is 0.510. The monoisotopic (exact) mass is 188 g/mol. The summed E-state index contributed by atoms with van der Waals surface area (Å²) in [5.41, 5.74) is 1.01. The molecule has 1 rings (SSSR count). The first-order valence-electron chi connectivity index (χ1n) is 3.60. The van der Waals surface area contributed by atoms with E-state index in [-0.39, 0.29) is 0 Å². The van der Waals surface area contributed by atoms with Gasteiger partial charge in [0.1, 0.15) is 5.01 Å². The highest BCUT2D eigenvalue weighted by atomic mass is 32.1. The Morgan fingerprint density at radius 1 is 1.67 bits per heavy atom. The summed E-state index contributed by atoms with van der Waals surface area (Å²) in [6, 6.07) is 0. The average Bonchev–Trinajstić information content (AvgIpc) is 2.50. The van der Waals surface area contributed by atoms with E-state index in [4.69, 9.17) is 10.6 Å². The molecule has 0 atom stereocenters. The summed E-state index contributed by atoms with van der Waals surface area (Å²) in [6.07, 6.45) is 0.761. The molecule has 5 heteroatoms. The van der Waals surface area contributed by atoms with Crippen LogP contribution in [0.1, 0.15) is 10.7 Å². The van der Waals surface area contributed by atoms with Gasteiger partial charge in [0, 0.05) is 18.9 Å². The molecule has 0 unspecified atom stereocenters. The maximum Gasteiger partial charge on any atom is 0.119 e. The van der Waals surface area contributed by atoms with E-state index in [1.54, 1.807) is 18.4 Å². The molecular weight excluding hydrogens is 176 g/mol. The molecule has 1 aromatic heterocycles. The smallest absolute Gasteiger partial charge is 0.119 e. The zero-order valence-corrected chi connectivity index (χ0v) is 7.76. The van der Waals surface area contributed by atoms with Crippen molar-refractivity contribution in [3.63, 3.8) is 0 Å². The van der Waals surface area contributed by atoms with Gasteiger partial charge in [-0.05, 0) is 0 Å². The first kappa shape index (κ1) is 9.60. The Labute approximate surface area is 75.3 Å². The van der Waals surface area contributed by atoms with Gasteiger partial charge in [-0.25, -0.2) is 10.9 Å². The molecule has 1 aromatic rings. The fourth-order valence-electron chi connectivity index (χ4n) is 0.817. The van der Waals surface area contributed by atoms with Gasteiger partial charge in [-0.2, -0.15) is 0 Å². The minimum atomic E-state index is 0.510. The lowest BCUT2D eigenvalue weighted by atomic mass is 10.4.